The predicted molar refractivity (Wildman–Crippen MR) is 97.5 cm³/mol. The summed E-state index contributed by atoms with van der Waals surface area (Å²) in [6.45, 7) is 7.00. The minimum absolute atomic E-state index is 0.816. The lowest BCUT2D eigenvalue weighted by Crippen LogP contribution is -2.49. The largest absolute Gasteiger partial charge is 0.346 e. The van der Waals surface area contributed by atoms with Crippen molar-refractivity contribution < 1.29 is 0 Å². The van der Waals surface area contributed by atoms with Crippen molar-refractivity contribution in [2.45, 2.75) is 13.5 Å². The molecule has 2 aromatic rings. The van der Waals surface area contributed by atoms with Gasteiger partial charge in [-0.1, -0.05) is 12.1 Å². The first kappa shape index (κ1) is 16.0. The summed E-state index contributed by atoms with van der Waals surface area (Å²) in [6, 6.07) is 8.31. The average Bonchev–Trinajstić information content (AvgIpc) is 2.93. The summed E-state index contributed by atoms with van der Waals surface area (Å²) in [6.07, 6.45) is 4.02. The summed E-state index contributed by atoms with van der Waals surface area (Å²) in [7, 11) is 1.96. The molecular weight excluding hydrogens is 306 g/mol. The van der Waals surface area contributed by atoms with Crippen LogP contribution in [0.5, 0.6) is 0 Å². The molecule has 0 aliphatic carbocycles. The lowest BCUT2D eigenvalue weighted by Gasteiger charge is -2.36. The first-order valence-corrected chi connectivity index (χ1v) is 8.33. The van der Waals surface area contributed by atoms with E-state index in [1.54, 1.807) is 0 Å². The maximum Gasteiger partial charge on any atom is 0.173 e. The van der Waals surface area contributed by atoms with E-state index < -0.39 is 0 Å². The molecule has 1 N–H and O–H groups in total. The van der Waals surface area contributed by atoms with Gasteiger partial charge in [0.05, 0.1) is 6.20 Å². The fourth-order valence-electron chi connectivity index (χ4n) is 2.85. The normalized spacial score (nSPS) is 15.7. The van der Waals surface area contributed by atoms with E-state index in [1.165, 1.54) is 11.1 Å². The molecule has 0 unspecified atom stereocenters. The number of thiocarbonyl (C=S) groups is 1. The SMILES string of the molecule is Cc1cccc(NC(=S)N2CCN(Cc3cnn(C)c3)CC2)c1. The first-order chi connectivity index (χ1) is 11.1. The van der Waals surface area contributed by atoms with Gasteiger partial charge in [0.25, 0.3) is 0 Å². The number of hydrogen-bond acceptors (Lipinski definition) is 3. The summed E-state index contributed by atoms with van der Waals surface area (Å²) in [5, 5.41) is 8.39. The summed E-state index contributed by atoms with van der Waals surface area (Å²) in [5.74, 6) is 0. The van der Waals surface area contributed by atoms with Crippen LogP contribution in [0.4, 0.5) is 5.69 Å². The monoisotopic (exact) mass is 329 g/mol. The molecular formula is C17H23N5S. The Morgan fingerprint density at radius 1 is 1.26 bits per heavy atom. The van der Waals surface area contributed by atoms with Crippen molar-refractivity contribution in [2.75, 3.05) is 31.5 Å². The fraction of sp³-hybridized carbons (Fsp3) is 0.412. The standard InChI is InChI=1S/C17H23N5S/c1-14-4-3-5-16(10-14)19-17(23)22-8-6-21(7-9-22)13-15-11-18-20(2)12-15/h3-5,10-12H,6-9,13H2,1-2H3,(H,19,23). The number of aryl methyl sites for hydroxylation is 2. The van der Waals surface area contributed by atoms with Crippen LogP contribution < -0.4 is 5.32 Å². The zero-order valence-corrected chi connectivity index (χ0v) is 14.5. The minimum Gasteiger partial charge on any atom is -0.346 e. The minimum atomic E-state index is 0.816. The molecule has 0 bridgehead atoms. The van der Waals surface area contributed by atoms with Crippen molar-refractivity contribution in [3.63, 3.8) is 0 Å². The molecule has 1 aromatic carbocycles. The highest BCUT2D eigenvalue weighted by Crippen LogP contribution is 2.13. The lowest BCUT2D eigenvalue weighted by atomic mass is 10.2. The molecule has 1 aliphatic heterocycles. The Bertz CT molecular complexity index is 673. The van der Waals surface area contributed by atoms with Crippen LogP contribution in [0, 0.1) is 6.92 Å². The van der Waals surface area contributed by atoms with Crippen molar-refractivity contribution >= 4 is 23.0 Å². The molecule has 0 saturated carbocycles. The highest BCUT2D eigenvalue weighted by molar-refractivity contribution is 7.80. The second-order valence-electron chi connectivity index (χ2n) is 6.09. The van der Waals surface area contributed by atoms with E-state index in [9.17, 15) is 0 Å². The van der Waals surface area contributed by atoms with E-state index >= 15 is 0 Å². The Hall–Kier alpha value is -1.92. The van der Waals surface area contributed by atoms with Crippen molar-refractivity contribution in [1.29, 1.82) is 0 Å². The van der Waals surface area contributed by atoms with Gasteiger partial charge >= 0.3 is 0 Å². The smallest absolute Gasteiger partial charge is 0.173 e. The second kappa shape index (κ2) is 7.10. The summed E-state index contributed by atoms with van der Waals surface area (Å²) < 4.78 is 1.85. The number of hydrogen-bond donors (Lipinski definition) is 1. The van der Waals surface area contributed by atoms with Crippen LogP contribution >= 0.6 is 12.2 Å². The molecule has 23 heavy (non-hydrogen) atoms. The zero-order valence-electron chi connectivity index (χ0n) is 13.7. The Labute approximate surface area is 142 Å². The molecule has 0 spiro atoms. The van der Waals surface area contributed by atoms with Crippen molar-refractivity contribution in [3.8, 4) is 0 Å². The van der Waals surface area contributed by atoms with Crippen molar-refractivity contribution in [2.24, 2.45) is 7.05 Å². The predicted octanol–water partition coefficient (Wildman–Crippen LogP) is 2.24. The third-order valence-electron chi connectivity index (χ3n) is 4.09. The molecule has 1 saturated heterocycles. The molecule has 3 rings (SSSR count). The first-order valence-electron chi connectivity index (χ1n) is 7.92. The Morgan fingerprint density at radius 3 is 2.70 bits per heavy atom. The number of anilines is 1. The Morgan fingerprint density at radius 2 is 2.04 bits per heavy atom. The van der Waals surface area contributed by atoms with Gasteiger partial charge in [-0.25, -0.2) is 0 Å². The van der Waals surface area contributed by atoms with E-state index in [1.807, 2.05) is 24.0 Å². The van der Waals surface area contributed by atoms with E-state index in [4.69, 9.17) is 12.2 Å². The fourth-order valence-corrected chi connectivity index (χ4v) is 3.15. The maximum atomic E-state index is 5.55. The third-order valence-corrected chi connectivity index (χ3v) is 4.45. The summed E-state index contributed by atoms with van der Waals surface area (Å²) in [5.41, 5.74) is 3.56. The van der Waals surface area contributed by atoms with Gasteiger partial charge in [-0.2, -0.15) is 5.10 Å². The lowest BCUT2D eigenvalue weighted by molar-refractivity contribution is 0.177. The van der Waals surface area contributed by atoms with Gasteiger partial charge in [0.2, 0.25) is 0 Å². The molecule has 6 heteroatoms. The van der Waals surface area contributed by atoms with Gasteiger partial charge in [0, 0.05) is 57.2 Å². The number of aromatic nitrogens is 2. The Kier molecular flexibility index (Phi) is 4.93. The number of piperazine rings is 1. The highest BCUT2D eigenvalue weighted by Gasteiger charge is 2.19. The molecule has 0 atom stereocenters. The van der Waals surface area contributed by atoms with Gasteiger partial charge in [-0.15, -0.1) is 0 Å². The van der Waals surface area contributed by atoms with Crippen LogP contribution in [0.3, 0.4) is 0 Å². The molecule has 1 aromatic heterocycles. The van der Waals surface area contributed by atoms with Crippen LogP contribution in [-0.4, -0.2) is 50.9 Å². The molecule has 0 amide bonds. The van der Waals surface area contributed by atoms with Crippen LogP contribution in [0.15, 0.2) is 36.7 Å². The number of benzene rings is 1. The summed E-state index contributed by atoms with van der Waals surface area (Å²) >= 11 is 5.55. The number of rotatable bonds is 3. The maximum absolute atomic E-state index is 5.55. The topological polar surface area (TPSA) is 36.3 Å². The third kappa shape index (κ3) is 4.30. The van der Waals surface area contributed by atoms with Gasteiger partial charge in [0.1, 0.15) is 0 Å². The highest BCUT2D eigenvalue weighted by atomic mass is 32.1. The average molecular weight is 329 g/mol. The molecule has 0 radical (unpaired) electrons. The number of nitrogens with one attached hydrogen (secondary N) is 1. The second-order valence-corrected chi connectivity index (χ2v) is 6.47. The Balaban J connectivity index is 1.49. The van der Waals surface area contributed by atoms with Gasteiger partial charge in [-0.05, 0) is 36.8 Å². The molecule has 5 nitrogen and oxygen atoms in total. The van der Waals surface area contributed by atoms with Crippen LogP contribution in [0.25, 0.3) is 0 Å². The van der Waals surface area contributed by atoms with Crippen molar-refractivity contribution in [3.05, 3.63) is 47.8 Å². The zero-order chi connectivity index (χ0) is 16.2. The van der Waals surface area contributed by atoms with E-state index in [0.717, 1.165) is 43.5 Å². The molecule has 1 fully saturated rings. The van der Waals surface area contributed by atoms with E-state index in [2.05, 4.69) is 51.5 Å². The van der Waals surface area contributed by atoms with Crippen LogP contribution in [0.2, 0.25) is 0 Å². The van der Waals surface area contributed by atoms with E-state index in [0.29, 0.717) is 0 Å². The van der Waals surface area contributed by atoms with Crippen LogP contribution in [-0.2, 0) is 13.6 Å². The number of nitrogens with zero attached hydrogens (tertiary/aromatic N) is 4. The van der Waals surface area contributed by atoms with E-state index in [-0.39, 0.29) is 0 Å². The van der Waals surface area contributed by atoms with Crippen molar-refractivity contribution in [1.82, 2.24) is 19.6 Å². The quantitative estimate of drug-likeness (QED) is 0.874. The van der Waals surface area contributed by atoms with Gasteiger partial charge < -0.3 is 10.2 Å². The molecule has 2 heterocycles. The van der Waals surface area contributed by atoms with Gasteiger partial charge in [-0.3, -0.25) is 9.58 Å². The van der Waals surface area contributed by atoms with Crippen LogP contribution in [0.1, 0.15) is 11.1 Å². The summed E-state index contributed by atoms with van der Waals surface area (Å²) in [4.78, 5) is 4.69. The van der Waals surface area contributed by atoms with Gasteiger partial charge in [0.15, 0.2) is 5.11 Å². The molecule has 122 valence electrons. The molecule has 1 aliphatic rings.